The molecule has 1 aliphatic rings. The Morgan fingerprint density at radius 1 is 1.39 bits per heavy atom. The average molecular weight is 246 g/mol. The molecule has 1 saturated heterocycles. The van der Waals surface area contributed by atoms with E-state index in [4.69, 9.17) is 0 Å². The number of carbonyl (C=O) groups excluding carboxylic acids is 1. The first kappa shape index (κ1) is 13.1. The Bertz CT molecular complexity index is 380. The van der Waals surface area contributed by atoms with Crippen LogP contribution in [0.2, 0.25) is 0 Å². The van der Waals surface area contributed by atoms with Gasteiger partial charge in [-0.05, 0) is 43.5 Å². The standard InChI is InChI=1S/C15H22N2O/c1-2-4-12-6-8-13(9-7-12)15(18)17-14-5-3-10-16-11-14/h6-9,14,16H,2-5,10-11H2,1H3,(H,17,18). The van der Waals surface area contributed by atoms with Gasteiger partial charge in [0, 0.05) is 18.2 Å². The zero-order valence-electron chi connectivity index (χ0n) is 11.0. The third-order valence-electron chi connectivity index (χ3n) is 3.39. The fourth-order valence-corrected chi connectivity index (χ4v) is 2.36. The molecule has 1 atom stereocenters. The van der Waals surface area contributed by atoms with Gasteiger partial charge in [-0.25, -0.2) is 0 Å². The second-order valence-electron chi connectivity index (χ2n) is 4.96. The molecular weight excluding hydrogens is 224 g/mol. The Labute approximate surface area is 109 Å². The summed E-state index contributed by atoms with van der Waals surface area (Å²) in [6, 6.07) is 8.24. The molecule has 0 radical (unpaired) electrons. The monoisotopic (exact) mass is 246 g/mol. The Hall–Kier alpha value is -1.35. The number of benzene rings is 1. The fraction of sp³-hybridized carbons (Fsp3) is 0.533. The molecule has 0 bridgehead atoms. The Balaban J connectivity index is 1.91. The molecule has 1 amide bonds. The number of amides is 1. The van der Waals surface area contributed by atoms with Crippen LogP contribution in [0, 0.1) is 0 Å². The molecule has 2 rings (SSSR count). The molecule has 1 fully saturated rings. The maximum absolute atomic E-state index is 12.0. The molecule has 1 unspecified atom stereocenters. The molecule has 1 aromatic rings. The molecule has 0 saturated carbocycles. The van der Waals surface area contributed by atoms with E-state index in [1.54, 1.807) is 0 Å². The van der Waals surface area contributed by atoms with Gasteiger partial charge >= 0.3 is 0 Å². The van der Waals surface area contributed by atoms with Crippen LogP contribution in [0.5, 0.6) is 0 Å². The lowest BCUT2D eigenvalue weighted by molar-refractivity contribution is 0.0930. The van der Waals surface area contributed by atoms with Crippen molar-refractivity contribution in [3.8, 4) is 0 Å². The first-order valence-electron chi connectivity index (χ1n) is 6.90. The highest BCUT2D eigenvalue weighted by molar-refractivity contribution is 5.94. The highest BCUT2D eigenvalue weighted by atomic mass is 16.1. The Morgan fingerprint density at radius 2 is 2.17 bits per heavy atom. The minimum absolute atomic E-state index is 0.0479. The smallest absolute Gasteiger partial charge is 0.251 e. The van der Waals surface area contributed by atoms with Gasteiger partial charge in [0.05, 0.1) is 0 Å². The van der Waals surface area contributed by atoms with Crippen molar-refractivity contribution < 1.29 is 4.79 Å². The first-order chi connectivity index (χ1) is 8.79. The quantitative estimate of drug-likeness (QED) is 0.854. The van der Waals surface area contributed by atoms with Crippen LogP contribution in [0.3, 0.4) is 0 Å². The second-order valence-corrected chi connectivity index (χ2v) is 4.96. The van der Waals surface area contributed by atoms with Crippen molar-refractivity contribution in [1.82, 2.24) is 10.6 Å². The normalized spacial score (nSPS) is 19.5. The van der Waals surface area contributed by atoms with Gasteiger partial charge in [-0.3, -0.25) is 4.79 Å². The van der Waals surface area contributed by atoms with Gasteiger partial charge < -0.3 is 10.6 Å². The van der Waals surface area contributed by atoms with Crippen LogP contribution in [0.15, 0.2) is 24.3 Å². The minimum atomic E-state index is 0.0479. The van der Waals surface area contributed by atoms with Crippen LogP contribution in [0.4, 0.5) is 0 Å². The predicted octanol–water partition coefficient (Wildman–Crippen LogP) is 2.12. The van der Waals surface area contributed by atoms with Crippen molar-refractivity contribution in [2.75, 3.05) is 13.1 Å². The van der Waals surface area contributed by atoms with Gasteiger partial charge in [-0.1, -0.05) is 25.5 Å². The largest absolute Gasteiger partial charge is 0.348 e. The summed E-state index contributed by atoms with van der Waals surface area (Å²) in [6.45, 7) is 4.12. The van der Waals surface area contributed by atoms with Gasteiger partial charge in [0.15, 0.2) is 0 Å². The molecule has 2 N–H and O–H groups in total. The van der Waals surface area contributed by atoms with Crippen LogP contribution < -0.4 is 10.6 Å². The van der Waals surface area contributed by atoms with Gasteiger partial charge in [-0.2, -0.15) is 0 Å². The highest BCUT2D eigenvalue weighted by Gasteiger charge is 2.15. The molecule has 3 heteroatoms. The molecule has 18 heavy (non-hydrogen) atoms. The number of nitrogens with one attached hydrogen (secondary N) is 2. The van der Waals surface area contributed by atoms with Crippen LogP contribution in [0.25, 0.3) is 0 Å². The summed E-state index contributed by atoms with van der Waals surface area (Å²) in [6.07, 6.45) is 4.43. The van der Waals surface area contributed by atoms with E-state index in [2.05, 4.69) is 29.7 Å². The van der Waals surface area contributed by atoms with E-state index < -0.39 is 0 Å². The zero-order valence-corrected chi connectivity index (χ0v) is 11.0. The topological polar surface area (TPSA) is 41.1 Å². The summed E-state index contributed by atoms with van der Waals surface area (Å²) < 4.78 is 0. The number of rotatable bonds is 4. The zero-order chi connectivity index (χ0) is 12.8. The maximum Gasteiger partial charge on any atom is 0.251 e. The predicted molar refractivity (Wildman–Crippen MR) is 73.8 cm³/mol. The molecule has 3 nitrogen and oxygen atoms in total. The van der Waals surface area contributed by atoms with Gasteiger partial charge in [0.2, 0.25) is 0 Å². The number of hydrogen-bond donors (Lipinski definition) is 2. The molecular formula is C15H22N2O. The summed E-state index contributed by atoms with van der Waals surface area (Å²) in [5.74, 6) is 0.0479. The number of carbonyl (C=O) groups is 1. The van der Waals surface area contributed by atoms with Crippen molar-refractivity contribution in [3.05, 3.63) is 35.4 Å². The summed E-state index contributed by atoms with van der Waals surface area (Å²) in [4.78, 5) is 12.0. The highest BCUT2D eigenvalue weighted by Crippen LogP contribution is 2.08. The van der Waals surface area contributed by atoms with E-state index in [9.17, 15) is 4.79 Å². The van der Waals surface area contributed by atoms with E-state index in [1.807, 2.05) is 12.1 Å². The molecule has 0 aromatic heterocycles. The lowest BCUT2D eigenvalue weighted by Crippen LogP contribution is -2.45. The van der Waals surface area contributed by atoms with E-state index in [0.29, 0.717) is 0 Å². The number of piperidine rings is 1. The van der Waals surface area contributed by atoms with E-state index >= 15 is 0 Å². The van der Waals surface area contributed by atoms with Crippen LogP contribution >= 0.6 is 0 Å². The minimum Gasteiger partial charge on any atom is -0.348 e. The Kier molecular flexibility index (Phi) is 4.76. The maximum atomic E-state index is 12.0. The van der Waals surface area contributed by atoms with Crippen LogP contribution in [-0.2, 0) is 6.42 Å². The fourth-order valence-electron chi connectivity index (χ4n) is 2.36. The molecule has 98 valence electrons. The lowest BCUT2D eigenvalue weighted by atomic mass is 10.1. The van der Waals surface area contributed by atoms with Gasteiger partial charge in [0.25, 0.3) is 5.91 Å². The third-order valence-corrected chi connectivity index (χ3v) is 3.39. The summed E-state index contributed by atoms with van der Waals surface area (Å²) >= 11 is 0. The lowest BCUT2D eigenvalue weighted by Gasteiger charge is -2.23. The molecule has 0 spiro atoms. The van der Waals surface area contributed by atoms with E-state index in [0.717, 1.165) is 44.3 Å². The SMILES string of the molecule is CCCc1ccc(C(=O)NC2CCCNC2)cc1. The van der Waals surface area contributed by atoms with Gasteiger partial charge in [-0.15, -0.1) is 0 Å². The molecule has 0 aliphatic carbocycles. The third kappa shape index (κ3) is 3.57. The van der Waals surface area contributed by atoms with Crippen LogP contribution in [0.1, 0.15) is 42.1 Å². The molecule has 1 aromatic carbocycles. The van der Waals surface area contributed by atoms with Crippen molar-refractivity contribution >= 4 is 5.91 Å². The first-order valence-corrected chi connectivity index (χ1v) is 6.90. The van der Waals surface area contributed by atoms with E-state index in [-0.39, 0.29) is 11.9 Å². The average Bonchev–Trinajstić information content (AvgIpc) is 2.41. The molecule has 1 aliphatic heterocycles. The number of aryl methyl sites for hydroxylation is 1. The number of hydrogen-bond acceptors (Lipinski definition) is 2. The van der Waals surface area contributed by atoms with Crippen LogP contribution in [-0.4, -0.2) is 25.0 Å². The van der Waals surface area contributed by atoms with Gasteiger partial charge in [0.1, 0.15) is 0 Å². The Morgan fingerprint density at radius 3 is 2.78 bits per heavy atom. The van der Waals surface area contributed by atoms with Crippen molar-refractivity contribution in [2.24, 2.45) is 0 Å². The van der Waals surface area contributed by atoms with E-state index in [1.165, 1.54) is 5.56 Å². The van der Waals surface area contributed by atoms with Crippen molar-refractivity contribution in [2.45, 2.75) is 38.6 Å². The van der Waals surface area contributed by atoms with Crippen molar-refractivity contribution in [3.63, 3.8) is 0 Å². The second kappa shape index (κ2) is 6.55. The van der Waals surface area contributed by atoms with Crippen molar-refractivity contribution in [1.29, 1.82) is 0 Å². The summed E-state index contributed by atoms with van der Waals surface area (Å²) in [5.41, 5.74) is 2.06. The summed E-state index contributed by atoms with van der Waals surface area (Å²) in [5, 5.41) is 6.39. The summed E-state index contributed by atoms with van der Waals surface area (Å²) in [7, 11) is 0. The molecule has 1 heterocycles.